The van der Waals surface area contributed by atoms with Crippen molar-refractivity contribution in [2.75, 3.05) is 13.7 Å². The van der Waals surface area contributed by atoms with E-state index >= 15 is 0 Å². The molecular weight excluding hydrogens is 258 g/mol. The quantitative estimate of drug-likeness (QED) is 0.410. The van der Waals surface area contributed by atoms with E-state index < -0.39 is 29.4 Å². The molecule has 1 rings (SSSR count). The van der Waals surface area contributed by atoms with E-state index in [9.17, 15) is 19.7 Å². The highest BCUT2D eigenvalue weighted by Crippen LogP contribution is 2.15. The van der Waals surface area contributed by atoms with Gasteiger partial charge in [-0.2, -0.15) is 0 Å². The Labute approximate surface area is 107 Å². The molecule has 104 valence electrons. The van der Waals surface area contributed by atoms with E-state index in [1.807, 2.05) is 0 Å². The van der Waals surface area contributed by atoms with Crippen molar-refractivity contribution in [3.05, 3.63) is 28.1 Å². The molecule has 0 aromatic carbocycles. The summed E-state index contributed by atoms with van der Waals surface area (Å²) in [7, 11) is 2.57. The fourth-order valence-corrected chi connectivity index (χ4v) is 1.43. The van der Waals surface area contributed by atoms with Crippen molar-refractivity contribution in [1.82, 2.24) is 9.88 Å². The highest BCUT2D eigenvalue weighted by atomic mass is 16.6. The number of esters is 1. The van der Waals surface area contributed by atoms with E-state index in [2.05, 4.69) is 10.1 Å². The van der Waals surface area contributed by atoms with Gasteiger partial charge in [-0.05, 0) is 0 Å². The number of aryl methyl sites for hydroxylation is 1. The van der Waals surface area contributed by atoms with Crippen LogP contribution in [0, 0.1) is 10.1 Å². The van der Waals surface area contributed by atoms with Gasteiger partial charge in [0.1, 0.15) is 5.69 Å². The first-order valence-electron chi connectivity index (χ1n) is 5.21. The molecule has 9 nitrogen and oxygen atoms in total. The number of aliphatic hydroxyl groups excluding tert-OH is 1. The Morgan fingerprint density at radius 2 is 2.26 bits per heavy atom. The minimum Gasteiger partial charge on any atom is -0.467 e. The van der Waals surface area contributed by atoms with Gasteiger partial charge in [-0.3, -0.25) is 14.9 Å². The topological polar surface area (TPSA) is 124 Å². The average Bonchev–Trinajstić information content (AvgIpc) is 2.77. The third-order valence-corrected chi connectivity index (χ3v) is 2.41. The van der Waals surface area contributed by atoms with Crippen molar-refractivity contribution < 1.29 is 24.4 Å². The molecule has 1 atom stereocenters. The summed E-state index contributed by atoms with van der Waals surface area (Å²) >= 11 is 0. The minimum absolute atomic E-state index is 0.00551. The number of amides is 1. The van der Waals surface area contributed by atoms with Crippen LogP contribution in [0.25, 0.3) is 0 Å². The standard InChI is InChI=1S/C10H13N3O6/c1-12-4-6(13(17)18)3-8(12)9(15)11-7(5-14)10(16)19-2/h3-4,7,14H,5H2,1-2H3,(H,11,15). The van der Waals surface area contributed by atoms with E-state index in [4.69, 9.17) is 5.11 Å². The van der Waals surface area contributed by atoms with E-state index in [0.29, 0.717) is 0 Å². The molecule has 0 fully saturated rings. The first-order valence-corrected chi connectivity index (χ1v) is 5.21. The fourth-order valence-electron chi connectivity index (χ4n) is 1.43. The predicted molar refractivity (Wildman–Crippen MR) is 62.4 cm³/mol. The monoisotopic (exact) mass is 271 g/mol. The summed E-state index contributed by atoms with van der Waals surface area (Å²) in [6.45, 7) is -0.634. The van der Waals surface area contributed by atoms with Crippen LogP contribution in [0.5, 0.6) is 0 Å². The smallest absolute Gasteiger partial charge is 0.330 e. The highest BCUT2D eigenvalue weighted by Gasteiger charge is 2.24. The van der Waals surface area contributed by atoms with Gasteiger partial charge in [0.2, 0.25) is 0 Å². The van der Waals surface area contributed by atoms with Gasteiger partial charge in [0, 0.05) is 13.1 Å². The van der Waals surface area contributed by atoms with Gasteiger partial charge in [-0.1, -0.05) is 0 Å². The third-order valence-electron chi connectivity index (χ3n) is 2.41. The number of nitrogens with one attached hydrogen (secondary N) is 1. The van der Waals surface area contributed by atoms with Crippen molar-refractivity contribution in [3.8, 4) is 0 Å². The number of nitrogens with zero attached hydrogens (tertiary/aromatic N) is 2. The van der Waals surface area contributed by atoms with Crippen LogP contribution in [0.3, 0.4) is 0 Å². The molecule has 1 unspecified atom stereocenters. The summed E-state index contributed by atoms with van der Waals surface area (Å²) in [6.07, 6.45) is 1.17. The van der Waals surface area contributed by atoms with Crippen molar-refractivity contribution in [2.24, 2.45) is 7.05 Å². The van der Waals surface area contributed by atoms with Crippen molar-refractivity contribution in [1.29, 1.82) is 0 Å². The van der Waals surface area contributed by atoms with Crippen LogP contribution in [0.1, 0.15) is 10.5 Å². The first kappa shape index (κ1) is 14.6. The van der Waals surface area contributed by atoms with Gasteiger partial charge in [-0.15, -0.1) is 0 Å². The molecule has 1 aromatic heterocycles. The molecule has 1 aromatic rings. The molecule has 0 saturated carbocycles. The van der Waals surface area contributed by atoms with Crippen LogP contribution in [-0.4, -0.2) is 46.2 Å². The molecule has 2 N–H and O–H groups in total. The van der Waals surface area contributed by atoms with Crippen LogP contribution in [0.4, 0.5) is 5.69 Å². The normalized spacial score (nSPS) is 11.7. The van der Waals surface area contributed by atoms with Crippen LogP contribution in [0.2, 0.25) is 0 Å². The summed E-state index contributed by atoms with van der Waals surface area (Å²) in [4.78, 5) is 32.9. The van der Waals surface area contributed by atoms with E-state index in [-0.39, 0.29) is 11.4 Å². The predicted octanol–water partition coefficient (Wildman–Crippen LogP) is -0.803. The lowest BCUT2D eigenvalue weighted by molar-refractivity contribution is -0.384. The van der Waals surface area contributed by atoms with Gasteiger partial charge in [0.25, 0.3) is 11.6 Å². The summed E-state index contributed by atoms with van der Waals surface area (Å²) in [5.74, 6) is -1.53. The maximum Gasteiger partial charge on any atom is 0.330 e. The van der Waals surface area contributed by atoms with Crippen LogP contribution >= 0.6 is 0 Å². The van der Waals surface area contributed by atoms with Crippen LogP contribution < -0.4 is 5.32 Å². The second kappa shape index (κ2) is 5.96. The van der Waals surface area contributed by atoms with Crippen molar-refractivity contribution in [2.45, 2.75) is 6.04 Å². The number of hydrogen-bond donors (Lipinski definition) is 2. The number of ether oxygens (including phenoxy) is 1. The van der Waals surface area contributed by atoms with E-state index in [0.717, 1.165) is 13.2 Å². The Hall–Kier alpha value is -2.42. The second-order valence-corrected chi connectivity index (χ2v) is 3.68. The number of aromatic nitrogens is 1. The summed E-state index contributed by atoms with van der Waals surface area (Å²) in [6, 6.07) is -0.146. The van der Waals surface area contributed by atoms with E-state index in [1.165, 1.54) is 17.8 Å². The molecule has 1 heterocycles. The SMILES string of the molecule is COC(=O)C(CO)NC(=O)c1cc([N+](=O)[O-])cn1C. The average molecular weight is 271 g/mol. The molecule has 0 aliphatic carbocycles. The summed E-state index contributed by atoms with van der Waals surface area (Å²) in [5, 5.41) is 21.7. The van der Waals surface area contributed by atoms with Gasteiger partial charge in [-0.25, -0.2) is 4.79 Å². The highest BCUT2D eigenvalue weighted by molar-refractivity contribution is 5.96. The lowest BCUT2D eigenvalue weighted by Crippen LogP contribution is -2.44. The van der Waals surface area contributed by atoms with Crippen LogP contribution in [0.15, 0.2) is 12.3 Å². The van der Waals surface area contributed by atoms with Crippen LogP contribution in [-0.2, 0) is 16.6 Å². The lowest BCUT2D eigenvalue weighted by Gasteiger charge is -2.13. The number of carbonyl (C=O) groups excluding carboxylic acids is 2. The Morgan fingerprint density at radius 3 is 2.68 bits per heavy atom. The number of nitro groups is 1. The van der Waals surface area contributed by atoms with Crippen molar-refractivity contribution >= 4 is 17.6 Å². The number of methoxy groups -OCH3 is 1. The van der Waals surface area contributed by atoms with Gasteiger partial charge >= 0.3 is 5.97 Å². The summed E-state index contributed by atoms with van der Waals surface area (Å²) in [5.41, 5.74) is -0.250. The number of aliphatic hydroxyl groups is 1. The molecule has 0 radical (unpaired) electrons. The number of carbonyl (C=O) groups is 2. The zero-order chi connectivity index (χ0) is 14.6. The summed E-state index contributed by atoms with van der Waals surface area (Å²) < 4.78 is 5.63. The Morgan fingerprint density at radius 1 is 1.63 bits per heavy atom. The van der Waals surface area contributed by atoms with Gasteiger partial charge < -0.3 is 19.7 Å². The molecule has 0 aliphatic heterocycles. The Bertz CT molecular complexity index is 509. The minimum atomic E-state index is -1.22. The third kappa shape index (κ3) is 3.28. The maximum absolute atomic E-state index is 11.8. The number of hydrogen-bond acceptors (Lipinski definition) is 6. The van der Waals surface area contributed by atoms with Gasteiger partial charge in [0.05, 0.1) is 24.8 Å². The van der Waals surface area contributed by atoms with Gasteiger partial charge in [0.15, 0.2) is 6.04 Å². The Kier molecular flexibility index (Phi) is 4.59. The molecule has 9 heteroatoms. The Balaban J connectivity index is 2.88. The lowest BCUT2D eigenvalue weighted by atomic mass is 10.3. The van der Waals surface area contributed by atoms with Crippen molar-refractivity contribution in [3.63, 3.8) is 0 Å². The van der Waals surface area contributed by atoms with E-state index in [1.54, 1.807) is 0 Å². The molecule has 0 bridgehead atoms. The zero-order valence-corrected chi connectivity index (χ0v) is 10.3. The zero-order valence-electron chi connectivity index (χ0n) is 10.3. The first-order chi connectivity index (χ1) is 8.90. The largest absolute Gasteiger partial charge is 0.467 e. The molecular formula is C10H13N3O6. The molecule has 0 spiro atoms. The molecule has 1 amide bonds. The second-order valence-electron chi connectivity index (χ2n) is 3.68. The molecule has 19 heavy (non-hydrogen) atoms. The maximum atomic E-state index is 11.8. The molecule has 0 aliphatic rings. The number of rotatable bonds is 5. The fraction of sp³-hybridized carbons (Fsp3) is 0.400. The molecule has 0 saturated heterocycles.